The highest BCUT2D eigenvalue weighted by Crippen LogP contribution is 2.17. The standard InChI is InChI=1S/C11H12BrN5O/c1-6(7-3-2-4-8(12)5-7)14-10(18)9-15-11(13)17-16-9/h2-6H,1H3,(H,14,18)(H3,13,15,16,17). The number of carbonyl (C=O) groups excluding carboxylic acids is 1. The van der Waals surface area contributed by atoms with E-state index in [1.165, 1.54) is 0 Å². The van der Waals surface area contributed by atoms with Gasteiger partial charge in [0.05, 0.1) is 6.04 Å². The van der Waals surface area contributed by atoms with Crippen molar-refractivity contribution < 1.29 is 4.79 Å². The van der Waals surface area contributed by atoms with Gasteiger partial charge in [0.15, 0.2) is 0 Å². The molecule has 1 heterocycles. The van der Waals surface area contributed by atoms with Gasteiger partial charge in [0, 0.05) is 4.47 Å². The lowest BCUT2D eigenvalue weighted by Gasteiger charge is -2.13. The minimum Gasteiger partial charge on any atom is -0.366 e. The number of anilines is 1. The molecule has 0 fully saturated rings. The second-order valence-corrected chi connectivity index (χ2v) is 4.71. The summed E-state index contributed by atoms with van der Waals surface area (Å²) in [4.78, 5) is 15.6. The van der Waals surface area contributed by atoms with Gasteiger partial charge in [0.25, 0.3) is 5.91 Å². The van der Waals surface area contributed by atoms with Crippen molar-refractivity contribution in [2.45, 2.75) is 13.0 Å². The minimum absolute atomic E-state index is 0.0512. The van der Waals surface area contributed by atoms with Crippen LogP contribution < -0.4 is 11.1 Å². The van der Waals surface area contributed by atoms with Gasteiger partial charge in [0.1, 0.15) is 0 Å². The van der Waals surface area contributed by atoms with E-state index < -0.39 is 0 Å². The summed E-state index contributed by atoms with van der Waals surface area (Å²) in [5.74, 6) is -0.184. The van der Waals surface area contributed by atoms with E-state index in [2.05, 4.69) is 36.4 Å². The molecule has 1 amide bonds. The first-order chi connectivity index (χ1) is 8.56. The Labute approximate surface area is 112 Å². The van der Waals surface area contributed by atoms with Crippen molar-refractivity contribution in [3.8, 4) is 0 Å². The first-order valence-corrected chi connectivity index (χ1v) is 6.10. The van der Waals surface area contributed by atoms with Crippen molar-refractivity contribution >= 4 is 27.8 Å². The number of benzene rings is 1. The largest absolute Gasteiger partial charge is 0.366 e. The second-order valence-electron chi connectivity index (χ2n) is 3.79. The average Bonchev–Trinajstić information content (AvgIpc) is 2.76. The van der Waals surface area contributed by atoms with Crippen LogP contribution in [-0.4, -0.2) is 21.1 Å². The summed E-state index contributed by atoms with van der Waals surface area (Å²) >= 11 is 3.39. The number of amides is 1. The van der Waals surface area contributed by atoms with Crippen LogP contribution in [-0.2, 0) is 0 Å². The van der Waals surface area contributed by atoms with Gasteiger partial charge >= 0.3 is 0 Å². The number of nitrogens with one attached hydrogen (secondary N) is 2. The van der Waals surface area contributed by atoms with Crippen molar-refractivity contribution in [3.63, 3.8) is 0 Å². The van der Waals surface area contributed by atoms with Crippen LogP contribution in [0.4, 0.5) is 5.95 Å². The number of nitrogens with two attached hydrogens (primary N) is 1. The van der Waals surface area contributed by atoms with Gasteiger partial charge in [0.2, 0.25) is 11.8 Å². The fourth-order valence-electron chi connectivity index (χ4n) is 1.50. The average molecular weight is 310 g/mol. The molecule has 0 radical (unpaired) electrons. The predicted molar refractivity (Wildman–Crippen MR) is 70.8 cm³/mol. The molecule has 0 aliphatic rings. The third-order valence-corrected chi connectivity index (χ3v) is 2.91. The maximum atomic E-state index is 11.8. The number of carbonyl (C=O) groups is 1. The lowest BCUT2D eigenvalue weighted by atomic mass is 10.1. The normalized spacial score (nSPS) is 12.1. The van der Waals surface area contributed by atoms with E-state index in [1.807, 2.05) is 31.2 Å². The van der Waals surface area contributed by atoms with E-state index in [1.54, 1.807) is 0 Å². The fraction of sp³-hybridized carbons (Fsp3) is 0.182. The quantitative estimate of drug-likeness (QED) is 0.803. The Morgan fingerprint density at radius 1 is 1.56 bits per heavy atom. The Kier molecular flexibility index (Phi) is 3.61. The number of nitrogen functional groups attached to an aromatic ring is 1. The second kappa shape index (κ2) is 5.18. The van der Waals surface area contributed by atoms with Crippen LogP contribution in [0.3, 0.4) is 0 Å². The zero-order valence-electron chi connectivity index (χ0n) is 9.64. The molecule has 0 spiro atoms. The highest BCUT2D eigenvalue weighted by Gasteiger charge is 2.14. The minimum atomic E-state index is -0.341. The molecule has 1 atom stereocenters. The van der Waals surface area contributed by atoms with Crippen LogP contribution in [0, 0.1) is 0 Å². The van der Waals surface area contributed by atoms with Crippen molar-refractivity contribution in [2.75, 3.05) is 5.73 Å². The third kappa shape index (κ3) is 2.86. The van der Waals surface area contributed by atoms with Gasteiger partial charge < -0.3 is 11.1 Å². The van der Waals surface area contributed by atoms with Gasteiger partial charge in [-0.1, -0.05) is 28.1 Å². The van der Waals surface area contributed by atoms with E-state index in [0.717, 1.165) is 10.0 Å². The summed E-state index contributed by atoms with van der Waals surface area (Å²) in [6, 6.07) is 7.58. The molecule has 1 aromatic heterocycles. The number of hydrogen-bond donors (Lipinski definition) is 3. The third-order valence-electron chi connectivity index (χ3n) is 2.41. The molecule has 1 aromatic carbocycles. The summed E-state index contributed by atoms with van der Waals surface area (Å²) in [5, 5.41) is 8.88. The van der Waals surface area contributed by atoms with E-state index in [-0.39, 0.29) is 23.7 Å². The Hall–Kier alpha value is -1.89. The van der Waals surface area contributed by atoms with Gasteiger partial charge in [-0.05, 0) is 24.6 Å². The Bertz CT molecular complexity index is 568. The number of H-pyrrole nitrogens is 1. The summed E-state index contributed by atoms with van der Waals surface area (Å²) < 4.78 is 0.963. The van der Waals surface area contributed by atoms with E-state index in [0.29, 0.717) is 0 Å². The van der Waals surface area contributed by atoms with Gasteiger partial charge in [-0.3, -0.25) is 9.89 Å². The predicted octanol–water partition coefficient (Wildman–Crippen LogP) is 1.64. The molecule has 0 saturated carbocycles. The molecule has 2 rings (SSSR count). The van der Waals surface area contributed by atoms with Crippen molar-refractivity contribution in [1.82, 2.24) is 20.5 Å². The molecule has 18 heavy (non-hydrogen) atoms. The molecule has 0 aliphatic carbocycles. The van der Waals surface area contributed by atoms with E-state index in [4.69, 9.17) is 5.73 Å². The number of rotatable bonds is 3. The van der Waals surface area contributed by atoms with E-state index >= 15 is 0 Å². The number of hydrogen-bond acceptors (Lipinski definition) is 4. The van der Waals surface area contributed by atoms with Crippen LogP contribution in [0.15, 0.2) is 28.7 Å². The highest BCUT2D eigenvalue weighted by molar-refractivity contribution is 9.10. The molecule has 94 valence electrons. The number of halogens is 1. The van der Waals surface area contributed by atoms with Crippen LogP contribution in [0.2, 0.25) is 0 Å². The first-order valence-electron chi connectivity index (χ1n) is 5.30. The van der Waals surface area contributed by atoms with Crippen molar-refractivity contribution in [3.05, 3.63) is 40.1 Å². The Balaban J connectivity index is 2.07. The maximum Gasteiger partial charge on any atom is 0.289 e. The Morgan fingerprint density at radius 2 is 2.33 bits per heavy atom. The molecule has 7 heteroatoms. The number of aromatic amines is 1. The monoisotopic (exact) mass is 309 g/mol. The topological polar surface area (TPSA) is 96.7 Å². The summed E-state index contributed by atoms with van der Waals surface area (Å²) in [6.45, 7) is 1.89. The highest BCUT2D eigenvalue weighted by atomic mass is 79.9. The number of nitrogens with zero attached hydrogens (tertiary/aromatic N) is 2. The van der Waals surface area contributed by atoms with Crippen molar-refractivity contribution in [1.29, 1.82) is 0 Å². The van der Waals surface area contributed by atoms with Gasteiger partial charge in [-0.25, -0.2) is 0 Å². The SMILES string of the molecule is CC(NC(=O)c1nc(N)n[nH]1)c1cccc(Br)c1. The molecule has 4 N–H and O–H groups in total. The fourth-order valence-corrected chi connectivity index (χ4v) is 1.92. The molecule has 1 unspecified atom stereocenters. The molecule has 0 aliphatic heterocycles. The molecule has 6 nitrogen and oxygen atoms in total. The zero-order valence-corrected chi connectivity index (χ0v) is 11.2. The van der Waals surface area contributed by atoms with Crippen LogP contribution in [0.1, 0.15) is 29.1 Å². The lowest BCUT2D eigenvalue weighted by molar-refractivity contribution is 0.0930. The summed E-state index contributed by atoms with van der Waals surface area (Å²) in [6.07, 6.45) is 0. The van der Waals surface area contributed by atoms with Gasteiger partial charge in [-0.2, -0.15) is 4.98 Å². The van der Waals surface area contributed by atoms with Crippen LogP contribution in [0.5, 0.6) is 0 Å². The summed E-state index contributed by atoms with van der Waals surface area (Å²) in [5.41, 5.74) is 6.33. The van der Waals surface area contributed by atoms with Crippen molar-refractivity contribution in [2.24, 2.45) is 0 Å². The molecule has 2 aromatic rings. The molecule has 0 bridgehead atoms. The zero-order chi connectivity index (χ0) is 13.1. The summed E-state index contributed by atoms with van der Waals surface area (Å²) in [7, 11) is 0. The molecule has 0 saturated heterocycles. The maximum absolute atomic E-state index is 11.8. The smallest absolute Gasteiger partial charge is 0.289 e. The van der Waals surface area contributed by atoms with Gasteiger partial charge in [-0.15, -0.1) is 5.10 Å². The number of aromatic nitrogens is 3. The Morgan fingerprint density at radius 3 is 2.94 bits per heavy atom. The molecular weight excluding hydrogens is 298 g/mol. The first kappa shape index (κ1) is 12.6. The van der Waals surface area contributed by atoms with Crippen LogP contribution in [0.25, 0.3) is 0 Å². The lowest BCUT2D eigenvalue weighted by Crippen LogP contribution is -2.27. The van der Waals surface area contributed by atoms with Crippen LogP contribution >= 0.6 is 15.9 Å². The molecular formula is C11H12BrN5O. The van der Waals surface area contributed by atoms with E-state index in [9.17, 15) is 4.79 Å².